The van der Waals surface area contributed by atoms with Crippen LogP contribution in [0.15, 0.2) is 0 Å². The molecular weight excluding hydrogens is 200 g/mol. The average molecular weight is 226 g/mol. The first-order chi connectivity index (χ1) is 7.44. The minimum Gasteiger partial charge on any atom is -0.351 e. The summed E-state index contributed by atoms with van der Waals surface area (Å²) in [4.78, 5) is 11.9. The van der Waals surface area contributed by atoms with Crippen LogP contribution in [0.5, 0.6) is 0 Å². The quantitative estimate of drug-likeness (QED) is 0.770. The first-order valence-corrected chi connectivity index (χ1v) is 6.49. The Morgan fingerprint density at radius 2 is 2.19 bits per heavy atom. The van der Waals surface area contributed by atoms with E-state index in [4.69, 9.17) is 0 Å². The van der Waals surface area contributed by atoms with Gasteiger partial charge in [0.2, 0.25) is 5.91 Å². The molecule has 0 aromatic heterocycles. The van der Waals surface area contributed by atoms with Gasteiger partial charge in [-0.15, -0.1) is 0 Å². The van der Waals surface area contributed by atoms with E-state index in [1.165, 1.54) is 12.8 Å². The van der Waals surface area contributed by atoms with Gasteiger partial charge in [-0.05, 0) is 45.6 Å². The highest BCUT2D eigenvalue weighted by atomic mass is 16.1. The number of piperidine rings is 1. The second kappa shape index (κ2) is 5.67. The molecule has 2 atom stereocenters. The van der Waals surface area contributed by atoms with Gasteiger partial charge in [0.15, 0.2) is 0 Å². The molecule has 1 saturated heterocycles. The maximum atomic E-state index is 11.9. The Morgan fingerprint density at radius 1 is 1.50 bits per heavy atom. The molecule has 1 aliphatic rings. The zero-order valence-corrected chi connectivity index (χ0v) is 11.1. The Labute approximate surface area is 99.4 Å². The predicted molar refractivity (Wildman–Crippen MR) is 67.3 cm³/mol. The van der Waals surface area contributed by atoms with Crippen molar-refractivity contribution in [3.63, 3.8) is 0 Å². The molecule has 1 amide bonds. The highest BCUT2D eigenvalue weighted by molar-refractivity contribution is 5.77. The molecule has 1 fully saturated rings. The Kier molecular flexibility index (Phi) is 4.78. The van der Waals surface area contributed by atoms with Crippen molar-refractivity contribution in [2.75, 3.05) is 6.54 Å². The molecule has 94 valence electrons. The first-order valence-electron chi connectivity index (χ1n) is 6.49. The van der Waals surface area contributed by atoms with Gasteiger partial charge in [-0.3, -0.25) is 4.79 Å². The lowest BCUT2D eigenvalue weighted by Crippen LogP contribution is -2.48. The summed E-state index contributed by atoms with van der Waals surface area (Å²) in [6.07, 6.45) is 4.05. The molecule has 0 aromatic carbocycles. The first kappa shape index (κ1) is 13.5. The van der Waals surface area contributed by atoms with Crippen LogP contribution in [0.1, 0.15) is 53.4 Å². The number of nitrogens with one attached hydrogen (secondary N) is 2. The van der Waals surface area contributed by atoms with Gasteiger partial charge in [0, 0.05) is 18.0 Å². The molecule has 3 heteroatoms. The van der Waals surface area contributed by atoms with Crippen LogP contribution in [0.2, 0.25) is 0 Å². The highest BCUT2D eigenvalue weighted by Gasteiger charge is 2.25. The van der Waals surface area contributed by atoms with E-state index in [-0.39, 0.29) is 11.4 Å². The molecule has 0 spiro atoms. The third-order valence-electron chi connectivity index (χ3n) is 3.70. The van der Waals surface area contributed by atoms with Crippen LogP contribution in [-0.2, 0) is 4.79 Å². The lowest BCUT2D eigenvalue weighted by molar-refractivity contribution is -0.123. The second-order valence-corrected chi connectivity index (χ2v) is 5.67. The minimum absolute atomic E-state index is 0.0744. The van der Waals surface area contributed by atoms with E-state index in [1.807, 2.05) is 0 Å². The Bertz CT molecular complexity index is 238. The number of amides is 1. The monoisotopic (exact) mass is 226 g/mol. The van der Waals surface area contributed by atoms with Crippen molar-refractivity contribution in [1.29, 1.82) is 0 Å². The van der Waals surface area contributed by atoms with Crippen LogP contribution in [0, 0.1) is 5.92 Å². The summed E-state index contributed by atoms with van der Waals surface area (Å²) in [5, 5.41) is 6.54. The molecular formula is C13H26N2O. The van der Waals surface area contributed by atoms with Crippen molar-refractivity contribution in [3.8, 4) is 0 Å². The van der Waals surface area contributed by atoms with E-state index in [0.29, 0.717) is 18.4 Å². The summed E-state index contributed by atoms with van der Waals surface area (Å²) >= 11 is 0. The van der Waals surface area contributed by atoms with E-state index >= 15 is 0 Å². The number of carbonyl (C=O) groups is 1. The van der Waals surface area contributed by atoms with Crippen LogP contribution >= 0.6 is 0 Å². The molecule has 0 bridgehead atoms. The van der Waals surface area contributed by atoms with Gasteiger partial charge in [-0.1, -0.05) is 13.8 Å². The van der Waals surface area contributed by atoms with E-state index in [9.17, 15) is 4.79 Å². The van der Waals surface area contributed by atoms with E-state index < -0.39 is 0 Å². The molecule has 1 aliphatic heterocycles. The zero-order valence-electron chi connectivity index (χ0n) is 11.1. The number of hydrogen-bond donors (Lipinski definition) is 2. The summed E-state index contributed by atoms with van der Waals surface area (Å²) in [7, 11) is 0. The van der Waals surface area contributed by atoms with E-state index in [0.717, 1.165) is 13.0 Å². The van der Waals surface area contributed by atoms with Gasteiger partial charge in [0.05, 0.1) is 0 Å². The van der Waals surface area contributed by atoms with Crippen LogP contribution in [-0.4, -0.2) is 24.0 Å². The number of hydrogen-bond acceptors (Lipinski definition) is 2. The maximum absolute atomic E-state index is 11.9. The van der Waals surface area contributed by atoms with Crippen molar-refractivity contribution < 1.29 is 4.79 Å². The third kappa shape index (κ3) is 4.12. The maximum Gasteiger partial charge on any atom is 0.221 e. The summed E-state index contributed by atoms with van der Waals surface area (Å²) in [5.74, 6) is 0.794. The van der Waals surface area contributed by atoms with Crippen molar-refractivity contribution in [2.24, 2.45) is 5.92 Å². The average Bonchev–Trinajstić information content (AvgIpc) is 2.21. The molecule has 1 rings (SSSR count). The van der Waals surface area contributed by atoms with Crippen LogP contribution in [0.25, 0.3) is 0 Å². The largest absolute Gasteiger partial charge is 0.351 e. The van der Waals surface area contributed by atoms with Crippen LogP contribution in [0.4, 0.5) is 0 Å². The fraction of sp³-hybridized carbons (Fsp3) is 0.923. The minimum atomic E-state index is -0.0744. The molecule has 3 nitrogen and oxygen atoms in total. The van der Waals surface area contributed by atoms with Gasteiger partial charge in [-0.2, -0.15) is 0 Å². The molecule has 0 radical (unpaired) electrons. The summed E-state index contributed by atoms with van der Waals surface area (Å²) < 4.78 is 0. The SMILES string of the molecule is CCC(C)(C)NC(=O)CC1NCCCC1C. The topological polar surface area (TPSA) is 41.1 Å². The van der Waals surface area contributed by atoms with Crippen LogP contribution < -0.4 is 10.6 Å². The van der Waals surface area contributed by atoms with Gasteiger partial charge < -0.3 is 10.6 Å². The second-order valence-electron chi connectivity index (χ2n) is 5.67. The van der Waals surface area contributed by atoms with Crippen molar-refractivity contribution in [3.05, 3.63) is 0 Å². The third-order valence-corrected chi connectivity index (χ3v) is 3.70. The van der Waals surface area contributed by atoms with Gasteiger partial charge in [-0.25, -0.2) is 0 Å². The lowest BCUT2D eigenvalue weighted by Gasteiger charge is -2.31. The summed E-state index contributed by atoms with van der Waals surface area (Å²) in [6.45, 7) is 9.53. The van der Waals surface area contributed by atoms with Crippen molar-refractivity contribution in [2.45, 2.75) is 65.0 Å². The number of carbonyl (C=O) groups excluding carboxylic acids is 1. The predicted octanol–water partition coefficient (Wildman–Crippen LogP) is 2.07. The molecule has 16 heavy (non-hydrogen) atoms. The summed E-state index contributed by atoms with van der Waals surface area (Å²) in [6, 6.07) is 0.362. The van der Waals surface area contributed by atoms with Crippen molar-refractivity contribution in [1.82, 2.24) is 10.6 Å². The molecule has 2 unspecified atom stereocenters. The van der Waals surface area contributed by atoms with E-state index in [2.05, 4.69) is 38.3 Å². The molecule has 2 N–H and O–H groups in total. The standard InChI is InChI=1S/C13H26N2O/c1-5-13(3,4)15-12(16)9-11-10(2)7-6-8-14-11/h10-11,14H,5-9H2,1-4H3,(H,15,16). The smallest absolute Gasteiger partial charge is 0.221 e. The Morgan fingerprint density at radius 3 is 2.75 bits per heavy atom. The summed E-state index contributed by atoms with van der Waals surface area (Å²) in [5.41, 5.74) is -0.0744. The lowest BCUT2D eigenvalue weighted by atomic mass is 9.90. The van der Waals surface area contributed by atoms with Gasteiger partial charge in [0.1, 0.15) is 0 Å². The fourth-order valence-corrected chi connectivity index (χ4v) is 2.10. The molecule has 0 saturated carbocycles. The van der Waals surface area contributed by atoms with Crippen molar-refractivity contribution >= 4 is 5.91 Å². The van der Waals surface area contributed by atoms with Gasteiger partial charge >= 0.3 is 0 Å². The highest BCUT2D eigenvalue weighted by Crippen LogP contribution is 2.18. The fourth-order valence-electron chi connectivity index (χ4n) is 2.10. The molecule has 0 aliphatic carbocycles. The number of rotatable bonds is 4. The molecule has 1 heterocycles. The van der Waals surface area contributed by atoms with E-state index in [1.54, 1.807) is 0 Å². The Hall–Kier alpha value is -0.570. The van der Waals surface area contributed by atoms with Crippen LogP contribution in [0.3, 0.4) is 0 Å². The van der Waals surface area contributed by atoms with Gasteiger partial charge in [0.25, 0.3) is 0 Å². The molecule has 0 aromatic rings. The zero-order chi connectivity index (χ0) is 12.2. The Balaban J connectivity index is 2.38. The normalized spacial score (nSPS) is 26.5.